The van der Waals surface area contributed by atoms with E-state index in [1.165, 1.54) is 0 Å². The molecule has 15 heavy (non-hydrogen) atoms. The monoisotopic (exact) mass is 223 g/mol. The summed E-state index contributed by atoms with van der Waals surface area (Å²) in [6, 6.07) is 0.936. The molecule has 5 nitrogen and oxygen atoms in total. The predicted molar refractivity (Wildman–Crippen MR) is 46.0 cm³/mol. The molecule has 0 amide bonds. The van der Waals surface area contributed by atoms with Crippen LogP contribution in [0.3, 0.4) is 0 Å². The summed E-state index contributed by atoms with van der Waals surface area (Å²) >= 11 is 0. The Hall–Kier alpha value is -1.70. The molecular weight excluding hydrogens is 215 g/mol. The number of nitrogens with two attached hydrogens (primary N) is 2. The summed E-state index contributed by atoms with van der Waals surface area (Å²) in [7, 11) is 0. The van der Waals surface area contributed by atoms with Crippen LogP contribution in [0.15, 0.2) is 10.9 Å². The van der Waals surface area contributed by atoms with E-state index in [1.54, 1.807) is 0 Å². The van der Waals surface area contributed by atoms with E-state index >= 15 is 0 Å². The average molecular weight is 223 g/mol. The van der Waals surface area contributed by atoms with E-state index in [0.717, 1.165) is 6.07 Å². The number of alkyl halides is 3. The smallest absolute Gasteiger partial charge is 0.389 e. The number of hydrogen-bond donors (Lipinski definition) is 3. The van der Waals surface area contributed by atoms with Crippen LogP contribution in [0.2, 0.25) is 0 Å². The van der Waals surface area contributed by atoms with Crippen molar-refractivity contribution in [3.63, 3.8) is 0 Å². The molecule has 0 aliphatic carbocycles. The van der Waals surface area contributed by atoms with Gasteiger partial charge in [0.1, 0.15) is 5.82 Å². The minimum Gasteiger partial charge on any atom is -0.389 e. The molecular formula is C7H8F3N3O2. The fourth-order valence-corrected chi connectivity index (χ4v) is 0.979. The number of halogens is 3. The molecule has 0 unspecified atom stereocenters. The summed E-state index contributed by atoms with van der Waals surface area (Å²) in [6.45, 7) is -0.374. The van der Waals surface area contributed by atoms with E-state index in [0.29, 0.717) is 0 Å². The molecule has 0 aliphatic rings. The van der Waals surface area contributed by atoms with Crippen LogP contribution in [0.5, 0.6) is 5.88 Å². The zero-order valence-corrected chi connectivity index (χ0v) is 7.39. The van der Waals surface area contributed by atoms with Gasteiger partial charge in [-0.3, -0.25) is 4.79 Å². The number of nitrogen functional groups attached to an aromatic ring is 1. The molecule has 0 atom stereocenters. The second-order valence-electron chi connectivity index (χ2n) is 2.65. The first-order valence-corrected chi connectivity index (χ1v) is 3.81. The van der Waals surface area contributed by atoms with Gasteiger partial charge in [-0.05, 0) is 0 Å². The number of pyridine rings is 1. The molecule has 0 radical (unpaired) electrons. The van der Waals surface area contributed by atoms with E-state index in [4.69, 9.17) is 11.5 Å². The fraction of sp³-hybridized carbons (Fsp3) is 0.286. The summed E-state index contributed by atoms with van der Waals surface area (Å²) in [5.74, 6) is -0.994. The lowest BCUT2D eigenvalue weighted by Crippen LogP contribution is -2.23. The molecule has 0 fully saturated rings. The molecule has 5 N–H and O–H groups in total. The first-order valence-electron chi connectivity index (χ1n) is 3.81. The first kappa shape index (κ1) is 11.4. The third-order valence-electron chi connectivity index (χ3n) is 1.54. The van der Waals surface area contributed by atoms with Crippen LogP contribution < -0.4 is 21.6 Å². The minimum absolute atomic E-state index is 0.226. The maximum Gasteiger partial charge on any atom is 0.574 e. The largest absolute Gasteiger partial charge is 0.574 e. The molecule has 1 rings (SSSR count). The molecule has 8 heteroatoms. The topological polar surface area (TPSA) is 94.1 Å². The standard InChI is InChI=1S/C7H8F3N3O2/c8-7(9,10)15-6-3(2-11)4(14)1-5(12)13-6/h1H,2,11H2,(H3,12,13,14). The maximum atomic E-state index is 11.9. The normalized spacial score (nSPS) is 11.5. The SMILES string of the molecule is NCc1c(OC(F)(F)F)[nH]c(N)cc1=O. The van der Waals surface area contributed by atoms with Crippen molar-refractivity contribution in [3.05, 3.63) is 21.9 Å². The highest BCUT2D eigenvalue weighted by Gasteiger charge is 2.33. The number of aromatic nitrogens is 1. The maximum absolute atomic E-state index is 11.9. The lowest BCUT2D eigenvalue weighted by atomic mass is 10.2. The van der Waals surface area contributed by atoms with Crippen LogP contribution >= 0.6 is 0 Å². The molecule has 0 saturated heterocycles. The van der Waals surface area contributed by atoms with Crippen LogP contribution in [0, 0.1) is 0 Å². The third kappa shape index (κ3) is 2.88. The Balaban J connectivity index is 3.21. The van der Waals surface area contributed by atoms with Gasteiger partial charge < -0.3 is 21.2 Å². The van der Waals surface area contributed by atoms with Gasteiger partial charge >= 0.3 is 6.36 Å². The second-order valence-corrected chi connectivity index (χ2v) is 2.65. The van der Waals surface area contributed by atoms with Crippen molar-refractivity contribution in [1.29, 1.82) is 0 Å². The molecule has 0 bridgehead atoms. The second kappa shape index (κ2) is 3.81. The van der Waals surface area contributed by atoms with Crippen LogP contribution in [0.4, 0.5) is 19.0 Å². The number of hydrogen-bond acceptors (Lipinski definition) is 4. The number of H-pyrrole nitrogens is 1. The average Bonchev–Trinajstić information content (AvgIpc) is 1.99. The van der Waals surface area contributed by atoms with Crippen molar-refractivity contribution in [3.8, 4) is 5.88 Å². The molecule has 0 spiro atoms. The lowest BCUT2D eigenvalue weighted by Gasteiger charge is -2.11. The Morgan fingerprint density at radius 3 is 2.53 bits per heavy atom. The van der Waals surface area contributed by atoms with Crippen molar-refractivity contribution in [2.45, 2.75) is 12.9 Å². The Labute approximate surface area is 81.8 Å². The van der Waals surface area contributed by atoms with Gasteiger partial charge in [0.2, 0.25) is 5.88 Å². The number of rotatable bonds is 2. The molecule has 1 aromatic rings. The van der Waals surface area contributed by atoms with Gasteiger partial charge in [0.05, 0.1) is 5.56 Å². The van der Waals surface area contributed by atoms with Crippen LogP contribution in [0.1, 0.15) is 5.56 Å². The van der Waals surface area contributed by atoms with Crippen molar-refractivity contribution in [2.24, 2.45) is 5.73 Å². The Morgan fingerprint density at radius 2 is 2.07 bits per heavy atom. The van der Waals surface area contributed by atoms with Gasteiger partial charge in [-0.25, -0.2) is 0 Å². The van der Waals surface area contributed by atoms with Crippen molar-refractivity contribution >= 4 is 5.82 Å². The number of aromatic amines is 1. The fourth-order valence-electron chi connectivity index (χ4n) is 0.979. The van der Waals surface area contributed by atoms with E-state index in [1.807, 2.05) is 0 Å². The Kier molecular flexibility index (Phi) is 2.89. The van der Waals surface area contributed by atoms with Crippen molar-refractivity contribution in [1.82, 2.24) is 4.98 Å². The molecule has 1 heterocycles. The highest BCUT2D eigenvalue weighted by Crippen LogP contribution is 2.23. The van der Waals surface area contributed by atoms with Gasteiger partial charge in [0, 0.05) is 12.6 Å². The highest BCUT2D eigenvalue weighted by molar-refractivity contribution is 5.37. The van der Waals surface area contributed by atoms with E-state index < -0.39 is 17.7 Å². The molecule has 1 aromatic heterocycles. The summed E-state index contributed by atoms with van der Waals surface area (Å²) in [4.78, 5) is 13.2. The molecule has 0 aromatic carbocycles. The van der Waals surface area contributed by atoms with Gasteiger partial charge in [-0.2, -0.15) is 0 Å². The van der Waals surface area contributed by atoms with E-state index in [2.05, 4.69) is 9.72 Å². The summed E-state index contributed by atoms with van der Waals surface area (Å²) in [5.41, 5.74) is 9.27. The number of nitrogens with one attached hydrogen (secondary N) is 1. The predicted octanol–water partition coefficient (Wildman–Crippen LogP) is 0.314. The number of ether oxygens (including phenoxy) is 1. The number of anilines is 1. The lowest BCUT2D eigenvalue weighted by molar-refractivity contribution is -0.276. The van der Waals surface area contributed by atoms with Crippen LogP contribution in [-0.2, 0) is 6.54 Å². The first-order chi connectivity index (χ1) is 6.83. The molecule has 84 valence electrons. The van der Waals surface area contributed by atoms with E-state index in [-0.39, 0.29) is 17.9 Å². The van der Waals surface area contributed by atoms with Crippen molar-refractivity contribution in [2.75, 3.05) is 5.73 Å². The van der Waals surface area contributed by atoms with Crippen LogP contribution in [-0.4, -0.2) is 11.3 Å². The van der Waals surface area contributed by atoms with Gasteiger partial charge in [0.25, 0.3) is 0 Å². The zero-order chi connectivity index (χ0) is 11.6. The third-order valence-corrected chi connectivity index (χ3v) is 1.54. The molecule has 0 saturated carbocycles. The quantitative estimate of drug-likeness (QED) is 0.672. The highest BCUT2D eigenvalue weighted by atomic mass is 19.4. The Morgan fingerprint density at radius 1 is 1.47 bits per heavy atom. The van der Waals surface area contributed by atoms with Gasteiger partial charge in [-0.15, -0.1) is 13.2 Å². The zero-order valence-electron chi connectivity index (χ0n) is 7.39. The summed E-state index contributed by atoms with van der Waals surface area (Å²) in [5, 5.41) is 0. The minimum atomic E-state index is -4.90. The van der Waals surface area contributed by atoms with Gasteiger partial charge in [0.15, 0.2) is 5.43 Å². The summed E-state index contributed by atoms with van der Waals surface area (Å²) in [6.07, 6.45) is -4.90. The molecule has 0 aliphatic heterocycles. The van der Waals surface area contributed by atoms with Gasteiger partial charge in [-0.1, -0.05) is 0 Å². The van der Waals surface area contributed by atoms with Crippen molar-refractivity contribution < 1.29 is 17.9 Å². The van der Waals surface area contributed by atoms with E-state index in [9.17, 15) is 18.0 Å². The summed E-state index contributed by atoms with van der Waals surface area (Å²) < 4.78 is 39.3. The Bertz CT molecular complexity index is 413. The van der Waals surface area contributed by atoms with Crippen LogP contribution in [0.25, 0.3) is 0 Å².